The van der Waals surface area contributed by atoms with Crippen LogP contribution in [0.25, 0.3) is 22.3 Å². The Kier molecular flexibility index (Phi) is 2.68. The standard InChI is InChI=1S/C15H9FO4/c16-9-3-1-8(2-4-9)13-7-12(18)10-5-6-11(17)14(19)15(10)20-13/h1-7,17,19H/i16-1. The van der Waals surface area contributed by atoms with E-state index in [4.69, 9.17) is 4.42 Å². The second kappa shape index (κ2) is 4.38. The van der Waals surface area contributed by atoms with Gasteiger partial charge in [-0.25, -0.2) is 4.39 Å². The Balaban J connectivity index is 2.31. The van der Waals surface area contributed by atoms with E-state index in [9.17, 15) is 19.4 Å². The van der Waals surface area contributed by atoms with Gasteiger partial charge in [0.15, 0.2) is 16.8 Å². The van der Waals surface area contributed by atoms with E-state index in [1.807, 2.05) is 0 Å². The summed E-state index contributed by atoms with van der Waals surface area (Å²) >= 11 is 0. The predicted octanol–water partition coefficient (Wildman–Crippen LogP) is 3.01. The van der Waals surface area contributed by atoms with E-state index < -0.39 is 11.6 Å². The molecule has 0 fully saturated rings. The number of phenols is 2. The summed E-state index contributed by atoms with van der Waals surface area (Å²) < 4.78 is 18.3. The quantitative estimate of drug-likeness (QED) is 0.667. The van der Waals surface area contributed by atoms with E-state index in [2.05, 4.69) is 0 Å². The van der Waals surface area contributed by atoms with Gasteiger partial charge in [-0.1, -0.05) is 0 Å². The van der Waals surface area contributed by atoms with E-state index in [1.165, 1.54) is 42.5 Å². The van der Waals surface area contributed by atoms with E-state index in [0.29, 0.717) is 5.56 Å². The molecule has 1 heterocycles. The molecule has 100 valence electrons. The van der Waals surface area contributed by atoms with Gasteiger partial charge in [-0.2, -0.15) is 0 Å². The molecule has 0 aliphatic rings. The first kappa shape index (κ1) is 12.2. The Morgan fingerprint density at radius 2 is 1.70 bits per heavy atom. The second-order valence-corrected chi connectivity index (χ2v) is 4.29. The predicted molar refractivity (Wildman–Crippen MR) is 71.2 cm³/mol. The Labute approximate surface area is 112 Å². The van der Waals surface area contributed by atoms with Crippen LogP contribution in [-0.4, -0.2) is 10.2 Å². The molecule has 3 rings (SSSR count). The SMILES string of the molecule is O=c1cc(-c2ccc([18F])cc2)oc2c(O)c(O)ccc12. The normalized spacial score (nSPS) is 10.8. The summed E-state index contributed by atoms with van der Waals surface area (Å²) in [6.07, 6.45) is 0. The molecular weight excluding hydrogens is 262 g/mol. The molecule has 0 unspecified atom stereocenters. The molecule has 2 N–H and O–H groups in total. The van der Waals surface area contributed by atoms with Crippen molar-refractivity contribution in [2.75, 3.05) is 0 Å². The Hall–Kier alpha value is -2.82. The molecule has 0 aliphatic heterocycles. The summed E-state index contributed by atoms with van der Waals surface area (Å²) in [4.78, 5) is 12.0. The van der Waals surface area contributed by atoms with Gasteiger partial charge in [0.1, 0.15) is 11.6 Å². The van der Waals surface area contributed by atoms with Crippen LogP contribution in [0.3, 0.4) is 0 Å². The summed E-state index contributed by atoms with van der Waals surface area (Å²) in [5.74, 6) is -1.10. The molecule has 5 heteroatoms. The van der Waals surface area contributed by atoms with Crippen LogP contribution >= 0.6 is 0 Å². The van der Waals surface area contributed by atoms with Gasteiger partial charge < -0.3 is 14.6 Å². The second-order valence-electron chi connectivity index (χ2n) is 4.29. The fraction of sp³-hybridized carbons (Fsp3) is 0. The molecule has 0 bridgehead atoms. The van der Waals surface area contributed by atoms with E-state index in [1.54, 1.807) is 0 Å². The lowest BCUT2D eigenvalue weighted by atomic mass is 10.1. The van der Waals surface area contributed by atoms with Gasteiger partial charge in [-0.3, -0.25) is 4.79 Å². The zero-order chi connectivity index (χ0) is 14.3. The van der Waals surface area contributed by atoms with Gasteiger partial charge in [-0.05, 0) is 36.4 Å². The highest BCUT2D eigenvalue weighted by Gasteiger charge is 2.13. The number of phenolic OH excluding ortho intramolecular Hbond substituents is 2. The van der Waals surface area contributed by atoms with Crippen LogP contribution in [0.15, 0.2) is 51.7 Å². The van der Waals surface area contributed by atoms with Crippen LogP contribution in [0, 0.1) is 5.82 Å². The van der Waals surface area contributed by atoms with E-state index in [0.717, 1.165) is 0 Å². The van der Waals surface area contributed by atoms with Gasteiger partial charge in [-0.15, -0.1) is 0 Å². The first-order chi connectivity index (χ1) is 9.56. The lowest BCUT2D eigenvalue weighted by Gasteiger charge is -2.05. The average molecular weight is 271 g/mol. The average Bonchev–Trinajstić information content (AvgIpc) is 2.44. The monoisotopic (exact) mass is 271 g/mol. The van der Waals surface area contributed by atoms with Gasteiger partial charge in [0, 0.05) is 11.6 Å². The minimum absolute atomic E-state index is 0.100. The van der Waals surface area contributed by atoms with Crippen LogP contribution in [0.4, 0.5) is 4.39 Å². The van der Waals surface area contributed by atoms with Crippen LogP contribution in [-0.2, 0) is 0 Å². The molecule has 0 amide bonds. The first-order valence-corrected chi connectivity index (χ1v) is 5.81. The van der Waals surface area contributed by atoms with Crippen molar-refractivity contribution in [3.63, 3.8) is 0 Å². The molecule has 0 atom stereocenters. The number of rotatable bonds is 1. The smallest absolute Gasteiger partial charge is 0.201 e. The van der Waals surface area contributed by atoms with Crippen LogP contribution in [0.1, 0.15) is 0 Å². The molecule has 0 radical (unpaired) electrons. The van der Waals surface area contributed by atoms with Crippen molar-refractivity contribution in [1.29, 1.82) is 0 Å². The van der Waals surface area contributed by atoms with Crippen molar-refractivity contribution < 1.29 is 19.0 Å². The fourth-order valence-corrected chi connectivity index (χ4v) is 1.95. The third kappa shape index (κ3) is 1.89. The summed E-state index contributed by atoms with van der Waals surface area (Å²) in [7, 11) is 0. The highest BCUT2D eigenvalue weighted by molar-refractivity contribution is 5.86. The summed E-state index contributed by atoms with van der Waals surface area (Å²) in [6, 6.07) is 9.23. The van der Waals surface area contributed by atoms with Crippen molar-refractivity contribution >= 4 is 11.0 Å². The lowest BCUT2D eigenvalue weighted by molar-refractivity contribution is 0.400. The van der Waals surface area contributed by atoms with Crippen molar-refractivity contribution in [3.8, 4) is 22.8 Å². The summed E-state index contributed by atoms with van der Waals surface area (Å²) in [6.45, 7) is 0. The van der Waals surface area contributed by atoms with Gasteiger partial charge in [0.25, 0.3) is 0 Å². The number of aromatic hydroxyl groups is 2. The Morgan fingerprint density at radius 3 is 2.40 bits per heavy atom. The number of hydrogen-bond acceptors (Lipinski definition) is 4. The third-order valence-corrected chi connectivity index (χ3v) is 2.98. The lowest BCUT2D eigenvalue weighted by Crippen LogP contribution is -2.00. The van der Waals surface area contributed by atoms with Gasteiger partial charge in [0.05, 0.1) is 5.39 Å². The minimum atomic E-state index is -0.497. The van der Waals surface area contributed by atoms with Crippen molar-refractivity contribution in [3.05, 3.63) is 58.5 Å². The maximum atomic E-state index is 12.9. The Bertz CT molecular complexity index is 850. The van der Waals surface area contributed by atoms with Crippen molar-refractivity contribution in [2.45, 2.75) is 0 Å². The highest BCUT2D eigenvalue weighted by Crippen LogP contribution is 2.34. The van der Waals surface area contributed by atoms with Crippen LogP contribution < -0.4 is 5.43 Å². The van der Waals surface area contributed by atoms with Crippen LogP contribution in [0.2, 0.25) is 0 Å². The largest absolute Gasteiger partial charge is 0.504 e. The number of benzene rings is 2. The van der Waals surface area contributed by atoms with Crippen molar-refractivity contribution in [2.24, 2.45) is 0 Å². The topological polar surface area (TPSA) is 70.7 Å². The first-order valence-electron chi connectivity index (χ1n) is 5.81. The van der Waals surface area contributed by atoms with E-state index >= 15 is 0 Å². The highest BCUT2D eigenvalue weighted by atomic mass is 18.2. The zero-order valence-electron chi connectivity index (χ0n) is 10.1. The molecule has 0 saturated heterocycles. The molecule has 1 aromatic heterocycles. The number of fused-ring (bicyclic) bond motifs is 1. The molecule has 20 heavy (non-hydrogen) atoms. The van der Waals surface area contributed by atoms with Gasteiger partial charge >= 0.3 is 0 Å². The van der Waals surface area contributed by atoms with Crippen LogP contribution in [0.5, 0.6) is 11.5 Å². The molecule has 2 aromatic carbocycles. The maximum absolute atomic E-state index is 12.9. The van der Waals surface area contributed by atoms with E-state index in [-0.39, 0.29) is 27.9 Å². The number of halogens is 1. The molecule has 0 spiro atoms. The maximum Gasteiger partial charge on any atom is 0.201 e. The zero-order valence-corrected chi connectivity index (χ0v) is 10.1. The molecule has 3 aromatic rings. The van der Waals surface area contributed by atoms with Gasteiger partial charge in [0.2, 0.25) is 5.75 Å². The molecular formula is C15H9FO4. The fourth-order valence-electron chi connectivity index (χ4n) is 1.95. The summed E-state index contributed by atoms with van der Waals surface area (Å²) in [5.41, 5.74) is 0.0332. The Morgan fingerprint density at radius 1 is 1.00 bits per heavy atom. The van der Waals surface area contributed by atoms with Crippen molar-refractivity contribution in [1.82, 2.24) is 0 Å². The minimum Gasteiger partial charge on any atom is -0.504 e. The molecule has 4 nitrogen and oxygen atoms in total. The molecule has 0 aliphatic carbocycles. The molecule has 0 saturated carbocycles. The third-order valence-electron chi connectivity index (χ3n) is 2.98. The number of hydrogen-bond donors (Lipinski definition) is 2. The summed E-state index contributed by atoms with van der Waals surface area (Å²) in [5, 5.41) is 19.4.